The van der Waals surface area contributed by atoms with Crippen molar-refractivity contribution < 1.29 is 23.9 Å². The number of cyclic esters (lactones) is 1. The van der Waals surface area contributed by atoms with Crippen molar-refractivity contribution in [1.82, 2.24) is 10.3 Å². The number of hydrogen-bond acceptors (Lipinski definition) is 8. The summed E-state index contributed by atoms with van der Waals surface area (Å²) in [6.07, 6.45) is 0.540. The molecule has 4 heterocycles. The van der Waals surface area contributed by atoms with Gasteiger partial charge in [0.1, 0.15) is 17.2 Å². The Labute approximate surface area is 182 Å². The largest absolute Gasteiger partial charge is 0.490 e. The molecule has 0 aliphatic carbocycles. The van der Waals surface area contributed by atoms with Gasteiger partial charge in [0.05, 0.1) is 17.9 Å². The molecular weight excluding hydrogens is 420 g/mol. The number of thiazole rings is 1. The first-order valence-electron chi connectivity index (χ1n) is 10.2. The summed E-state index contributed by atoms with van der Waals surface area (Å²) in [5, 5.41) is 6.54. The summed E-state index contributed by atoms with van der Waals surface area (Å²) >= 11 is 1.36. The first kappa shape index (κ1) is 19.8. The number of nitrogens with zero attached hydrogens (tertiary/aromatic N) is 2. The van der Waals surface area contributed by atoms with Crippen LogP contribution in [0.4, 0.5) is 16.5 Å². The molecule has 1 atom stereocenters. The van der Waals surface area contributed by atoms with E-state index in [4.69, 9.17) is 14.5 Å². The Bertz CT molecular complexity index is 1100. The van der Waals surface area contributed by atoms with Crippen molar-refractivity contribution in [2.24, 2.45) is 0 Å². The first-order valence-corrected chi connectivity index (χ1v) is 11.0. The molecule has 31 heavy (non-hydrogen) atoms. The fraction of sp³-hybridized carbons (Fsp3) is 0.429. The lowest BCUT2D eigenvalue weighted by molar-refractivity contribution is -0.146. The van der Waals surface area contributed by atoms with Gasteiger partial charge < -0.3 is 25.0 Å². The summed E-state index contributed by atoms with van der Waals surface area (Å²) < 4.78 is 10.8. The molecule has 10 heteroatoms. The van der Waals surface area contributed by atoms with Crippen molar-refractivity contribution in [3.05, 3.63) is 28.8 Å². The Morgan fingerprint density at radius 3 is 2.97 bits per heavy atom. The van der Waals surface area contributed by atoms with Crippen LogP contribution in [-0.2, 0) is 20.7 Å². The van der Waals surface area contributed by atoms with Crippen LogP contribution in [-0.4, -0.2) is 47.6 Å². The van der Waals surface area contributed by atoms with Gasteiger partial charge in [-0.3, -0.25) is 14.4 Å². The molecule has 2 N–H and O–H groups in total. The normalized spacial score (nSPS) is 21.5. The third-order valence-corrected chi connectivity index (χ3v) is 6.57. The van der Waals surface area contributed by atoms with E-state index in [-0.39, 0.29) is 29.7 Å². The Morgan fingerprint density at radius 2 is 2.19 bits per heavy atom. The number of carbonyl (C=O) groups is 3. The molecule has 1 saturated heterocycles. The van der Waals surface area contributed by atoms with E-state index in [0.29, 0.717) is 42.3 Å². The van der Waals surface area contributed by atoms with Crippen molar-refractivity contribution in [1.29, 1.82) is 0 Å². The van der Waals surface area contributed by atoms with E-state index in [1.54, 1.807) is 12.1 Å². The zero-order valence-electron chi connectivity index (χ0n) is 17.2. The molecule has 9 nitrogen and oxygen atoms in total. The van der Waals surface area contributed by atoms with Gasteiger partial charge in [-0.1, -0.05) is 11.3 Å². The van der Waals surface area contributed by atoms with Gasteiger partial charge in [-0.25, -0.2) is 4.98 Å². The van der Waals surface area contributed by atoms with Gasteiger partial charge in [0.15, 0.2) is 11.2 Å². The van der Waals surface area contributed by atoms with E-state index in [0.717, 1.165) is 16.5 Å². The van der Waals surface area contributed by atoms with Crippen LogP contribution in [0.25, 0.3) is 0 Å². The molecule has 1 aromatic heterocycles. The maximum Gasteiger partial charge on any atom is 0.306 e. The van der Waals surface area contributed by atoms with E-state index < -0.39 is 6.10 Å². The van der Waals surface area contributed by atoms with Crippen LogP contribution in [0.2, 0.25) is 0 Å². The van der Waals surface area contributed by atoms with Gasteiger partial charge >= 0.3 is 5.97 Å². The minimum atomic E-state index is -0.761. The summed E-state index contributed by atoms with van der Waals surface area (Å²) in [5.74, 6) is -0.132. The van der Waals surface area contributed by atoms with E-state index in [1.807, 2.05) is 24.8 Å². The Hall–Kier alpha value is -3.14. The van der Waals surface area contributed by atoms with Crippen LogP contribution in [0.1, 0.15) is 42.1 Å². The number of esters is 1. The number of anilines is 3. The van der Waals surface area contributed by atoms with Crippen LogP contribution >= 0.6 is 11.3 Å². The van der Waals surface area contributed by atoms with Gasteiger partial charge in [0, 0.05) is 30.5 Å². The standard InChI is InChI=1S/C21H22N4O5S/c1-21(2)10-12-17(19(28)24-21)31-20(23-12)25-7-8-29-14-4-3-11(9-13(14)25)22-18(27)15-5-6-16(26)30-15/h3-4,9,15H,5-8,10H2,1-2H3,(H,22,27)(H,24,28). The van der Waals surface area contributed by atoms with E-state index in [2.05, 4.69) is 10.6 Å². The summed E-state index contributed by atoms with van der Waals surface area (Å²) in [6.45, 7) is 5.02. The minimum Gasteiger partial charge on any atom is -0.490 e. The maximum absolute atomic E-state index is 12.5. The quantitative estimate of drug-likeness (QED) is 0.703. The Morgan fingerprint density at radius 1 is 1.35 bits per heavy atom. The second-order valence-corrected chi connectivity index (χ2v) is 9.45. The highest BCUT2D eigenvalue weighted by atomic mass is 32.1. The zero-order valence-corrected chi connectivity index (χ0v) is 18.0. The van der Waals surface area contributed by atoms with Crippen molar-refractivity contribution in [2.45, 2.75) is 44.8 Å². The second-order valence-electron chi connectivity index (χ2n) is 8.48. The van der Waals surface area contributed by atoms with Crippen LogP contribution < -0.4 is 20.3 Å². The Balaban J connectivity index is 1.42. The number of aromatic nitrogens is 1. The van der Waals surface area contributed by atoms with Crippen LogP contribution in [0.5, 0.6) is 5.75 Å². The lowest BCUT2D eigenvalue weighted by atomic mass is 9.94. The molecule has 1 aromatic carbocycles. The molecule has 0 bridgehead atoms. The molecular formula is C21H22N4O5S. The van der Waals surface area contributed by atoms with Crippen molar-refractivity contribution in [3.63, 3.8) is 0 Å². The van der Waals surface area contributed by atoms with E-state index in [9.17, 15) is 14.4 Å². The average Bonchev–Trinajstić information content (AvgIpc) is 3.33. The molecule has 2 aromatic rings. The van der Waals surface area contributed by atoms with Gasteiger partial charge in [-0.05, 0) is 32.0 Å². The average molecular weight is 442 g/mol. The van der Waals surface area contributed by atoms with Crippen molar-refractivity contribution in [3.8, 4) is 5.75 Å². The van der Waals surface area contributed by atoms with Crippen LogP contribution in [0.3, 0.4) is 0 Å². The number of ether oxygens (including phenoxy) is 2. The third-order valence-electron chi connectivity index (χ3n) is 5.45. The lowest BCUT2D eigenvalue weighted by Gasteiger charge is -2.30. The molecule has 1 fully saturated rings. The molecule has 0 radical (unpaired) electrons. The molecule has 0 saturated carbocycles. The molecule has 2 amide bonds. The van der Waals surface area contributed by atoms with Gasteiger partial charge in [0.2, 0.25) is 0 Å². The smallest absolute Gasteiger partial charge is 0.306 e. The first-order chi connectivity index (χ1) is 14.8. The number of hydrogen-bond donors (Lipinski definition) is 2. The maximum atomic E-state index is 12.5. The second kappa shape index (κ2) is 7.23. The predicted molar refractivity (Wildman–Crippen MR) is 114 cm³/mol. The van der Waals surface area contributed by atoms with Gasteiger partial charge in [-0.2, -0.15) is 0 Å². The number of carbonyl (C=O) groups excluding carboxylic acids is 3. The molecule has 1 unspecified atom stereocenters. The Kier molecular flexibility index (Phi) is 4.62. The van der Waals surface area contributed by atoms with Gasteiger partial charge in [0.25, 0.3) is 11.8 Å². The van der Waals surface area contributed by atoms with Crippen molar-refractivity contribution in [2.75, 3.05) is 23.4 Å². The van der Waals surface area contributed by atoms with Crippen LogP contribution in [0.15, 0.2) is 18.2 Å². The molecule has 3 aliphatic rings. The van der Waals surface area contributed by atoms with Gasteiger partial charge in [-0.15, -0.1) is 0 Å². The van der Waals surface area contributed by atoms with E-state index in [1.165, 1.54) is 11.3 Å². The minimum absolute atomic E-state index is 0.101. The van der Waals surface area contributed by atoms with E-state index >= 15 is 0 Å². The summed E-state index contributed by atoms with van der Waals surface area (Å²) in [7, 11) is 0. The monoisotopic (exact) mass is 442 g/mol. The molecule has 5 rings (SSSR count). The predicted octanol–water partition coefficient (Wildman–Crippen LogP) is 2.38. The zero-order chi connectivity index (χ0) is 21.8. The number of amides is 2. The fourth-order valence-corrected chi connectivity index (χ4v) is 5.02. The summed E-state index contributed by atoms with van der Waals surface area (Å²) in [4.78, 5) is 43.6. The fourth-order valence-electron chi connectivity index (χ4n) is 4.01. The summed E-state index contributed by atoms with van der Waals surface area (Å²) in [5.41, 5.74) is 1.80. The number of rotatable bonds is 3. The number of fused-ring (bicyclic) bond motifs is 2. The molecule has 0 spiro atoms. The SMILES string of the molecule is CC1(C)Cc2nc(N3CCOc4ccc(NC(=O)C5CCC(=O)O5)cc43)sc2C(=O)N1. The highest BCUT2D eigenvalue weighted by Gasteiger charge is 2.35. The topological polar surface area (TPSA) is 110 Å². The highest BCUT2D eigenvalue weighted by molar-refractivity contribution is 7.17. The summed E-state index contributed by atoms with van der Waals surface area (Å²) in [6, 6.07) is 5.36. The number of benzene rings is 1. The van der Waals surface area contributed by atoms with Crippen LogP contribution in [0, 0.1) is 0 Å². The highest BCUT2D eigenvalue weighted by Crippen LogP contribution is 2.41. The third kappa shape index (κ3) is 3.71. The molecule has 162 valence electrons. The lowest BCUT2D eigenvalue weighted by Crippen LogP contribution is -2.48. The number of nitrogens with one attached hydrogen (secondary N) is 2. The molecule has 3 aliphatic heterocycles. The van der Waals surface area contributed by atoms with Crippen molar-refractivity contribution >= 4 is 45.6 Å².